The Balaban J connectivity index is 1.85. The number of hydrogen-bond acceptors (Lipinski definition) is 4. The van der Waals surface area contributed by atoms with Gasteiger partial charge in [0.2, 0.25) is 0 Å². The van der Waals surface area contributed by atoms with Gasteiger partial charge in [0.1, 0.15) is 11.5 Å². The van der Waals surface area contributed by atoms with Gasteiger partial charge in [-0.15, -0.1) is 6.42 Å². The Morgan fingerprint density at radius 2 is 1.93 bits per heavy atom. The second-order valence-electron chi connectivity index (χ2n) is 6.51. The van der Waals surface area contributed by atoms with Gasteiger partial charge in [0.25, 0.3) is 5.91 Å². The number of benzene rings is 2. The van der Waals surface area contributed by atoms with Gasteiger partial charge in [-0.05, 0) is 48.9 Å². The summed E-state index contributed by atoms with van der Waals surface area (Å²) in [6.07, 6.45) is 8.85. The van der Waals surface area contributed by atoms with Gasteiger partial charge in [-0.1, -0.05) is 37.0 Å². The minimum Gasteiger partial charge on any atom is -0.497 e. The van der Waals surface area contributed by atoms with Crippen molar-refractivity contribution in [3.05, 3.63) is 52.8 Å². The number of methoxy groups -OCH3 is 1. The Labute approximate surface area is 174 Å². The van der Waals surface area contributed by atoms with Crippen molar-refractivity contribution in [2.45, 2.75) is 32.7 Å². The second-order valence-corrected chi connectivity index (χ2v) is 7.51. The molecule has 29 heavy (non-hydrogen) atoms. The van der Waals surface area contributed by atoms with Crippen LogP contribution in [-0.4, -0.2) is 24.2 Å². The van der Waals surface area contributed by atoms with E-state index in [2.05, 4.69) is 17.8 Å². The molecule has 150 valence electrons. The zero-order chi connectivity index (χ0) is 20.6. The van der Waals surface area contributed by atoms with Crippen molar-refractivity contribution in [3.63, 3.8) is 0 Å². The molecule has 1 aromatic heterocycles. The van der Waals surface area contributed by atoms with Gasteiger partial charge in [-0.2, -0.15) is 4.99 Å². The maximum absolute atomic E-state index is 12.7. The molecule has 0 bridgehead atoms. The average molecular weight is 409 g/mol. The van der Waals surface area contributed by atoms with Crippen molar-refractivity contribution in [1.82, 2.24) is 4.57 Å². The molecule has 3 aromatic rings. The summed E-state index contributed by atoms with van der Waals surface area (Å²) in [7, 11) is 1.62. The largest absolute Gasteiger partial charge is 0.497 e. The zero-order valence-corrected chi connectivity index (χ0v) is 17.5. The summed E-state index contributed by atoms with van der Waals surface area (Å²) in [5.41, 5.74) is 1.43. The number of thiazole rings is 1. The van der Waals surface area contributed by atoms with E-state index in [-0.39, 0.29) is 5.91 Å². The van der Waals surface area contributed by atoms with E-state index in [1.54, 1.807) is 31.4 Å². The van der Waals surface area contributed by atoms with Crippen LogP contribution in [0.1, 0.15) is 36.5 Å². The molecule has 6 heteroatoms. The van der Waals surface area contributed by atoms with Gasteiger partial charge in [0.05, 0.1) is 30.5 Å². The number of carbonyl (C=O) groups is 1. The van der Waals surface area contributed by atoms with Crippen molar-refractivity contribution < 1.29 is 14.3 Å². The number of fused-ring (bicyclic) bond motifs is 1. The summed E-state index contributed by atoms with van der Waals surface area (Å²) in [4.78, 5) is 17.6. The minimum atomic E-state index is -0.313. The number of hydrogen-bond donors (Lipinski definition) is 0. The van der Waals surface area contributed by atoms with E-state index in [9.17, 15) is 4.79 Å². The Morgan fingerprint density at radius 3 is 2.62 bits per heavy atom. The molecule has 1 heterocycles. The topological polar surface area (TPSA) is 52.8 Å². The molecule has 0 aliphatic rings. The molecule has 0 aliphatic carbocycles. The highest BCUT2D eigenvalue weighted by atomic mass is 32.1. The molecule has 2 aromatic carbocycles. The third kappa shape index (κ3) is 5.07. The predicted molar refractivity (Wildman–Crippen MR) is 117 cm³/mol. The number of amides is 1. The predicted octanol–water partition coefficient (Wildman–Crippen LogP) is 4.65. The number of nitrogens with zero attached hydrogens (tertiary/aromatic N) is 2. The Bertz CT molecular complexity index is 1090. The fourth-order valence-electron chi connectivity index (χ4n) is 2.90. The van der Waals surface area contributed by atoms with E-state index >= 15 is 0 Å². The fraction of sp³-hybridized carbons (Fsp3) is 0.304. The molecule has 0 N–H and O–H groups in total. The summed E-state index contributed by atoms with van der Waals surface area (Å²) in [6.45, 7) is 3.18. The Morgan fingerprint density at radius 1 is 1.17 bits per heavy atom. The lowest BCUT2D eigenvalue weighted by Crippen LogP contribution is -2.16. The highest BCUT2D eigenvalue weighted by molar-refractivity contribution is 7.16. The lowest BCUT2D eigenvalue weighted by molar-refractivity contribution is 0.0998. The van der Waals surface area contributed by atoms with Gasteiger partial charge in [0, 0.05) is 5.56 Å². The molecular formula is C23H24N2O3S. The smallest absolute Gasteiger partial charge is 0.279 e. The van der Waals surface area contributed by atoms with Crippen molar-refractivity contribution in [3.8, 4) is 23.8 Å². The third-order valence-electron chi connectivity index (χ3n) is 4.45. The molecule has 0 atom stereocenters. The van der Waals surface area contributed by atoms with E-state index < -0.39 is 0 Å². The highest BCUT2D eigenvalue weighted by Crippen LogP contribution is 2.23. The summed E-state index contributed by atoms with van der Waals surface area (Å²) in [5.74, 6) is 3.83. The van der Waals surface area contributed by atoms with Crippen LogP contribution in [0.4, 0.5) is 0 Å². The molecule has 0 saturated heterocycles. The quantitative estimate of drug-likeness (QED) is 0.403. The van der Waals surface area contributed by atoms with Crippen LogP contribution in [0, 0.1) is 12.3 Å². The minimum absolute atomic E-state index is 0.313. The van der Waals surface area contributed by atoms with Gasteiger partial charge in [-0.3, -0.25) is 4.79 Å². The summed E-state index contributed by atoms with van der Waals surface area (Å²) < 4.78 is 13.8. The van der Waals surface area contributed by atoms with Crippen molar-refractivity contribution in [2.75, 3.05) is 13.7 Å². The normalized spacial score (nSPS) is 11.4. The van der Waals surface area contributed by atoms with Crippen LogP contribution in [0.2, 0.25) is 0 Å². The van der Waals surface area contributed by atoms with Crippen LogP contribution < -0.4 is 14.3 Å². The average Bonchev–Trinajstić information content (AvgIpc) is 3.08. The Hall–Kier alpha value is -3.04. The molecular weight excluding hydrogens is 384 g/mol. The molecule has 0 unspecified atom stereocenters. The van der Waals surface area contributed by atoms with Crippen LogP contribution in [0.3, 0.4) is 0 Å². The molecule has 0 saturated carbocycles. The number of ether oxygens (including phenoxy) is 2. The zero-order valence-electron chi connectivity index (χ0n) is 16.7. The lowest BCUT2D eigenvalue weighted by Gasteiger charge is -2.05. The first-order valence-electron chi connectivity index (χ1n) is 9.59. The number of terminal acetylenes is 1. The number of carbonyl (C=O) groups excluding carboxylic acids is 1. The monoisotopic (exact) mass is 408 g/mol. The number of aromatic nitrogens is 1. The molecule has 1 amide bonds. The van der Waals surface area contributed by atoms with E-state index in [1.165, 1.54) is 11.3 Å². The summed E-state index contributed by atoms with van der Waals surface area (Å²) >= 11 is 1.41. The maximum atomic E-state index is 12.7. The van der Waals surface area contributed by atoms with Crippen molar-refractivity contribution in [2.24, 2.45) is 4.99 Å². The van der Waals surface area contributed by atoms with Crippen LogP contribution in [0.25, 0.3) is 10.2 Å². The molecule has 0 spiro atoms. The molecule has 0 fully saturated rings. The standard InChI is InChI=1S/C23H24N2O3S/c1-4-6-7-15-28-18-10-8-17(9-11-18)22(26)24-23-25(14-5-2)20-13-12-19(27-3)16-21(20)29-23/h2,8-13,16H,4,6-7,14-15H2,1,3H3. The van der Waals surface area contributed by atoms with E-state index in [4.69, 9.17) is 15.9 Å². The number of unbranched alkanes of at least 4 members (excludes halogenated alkanes) is 2. The second kappa shape index (κ2) is 9.94. The van der Waals surface area contributed by atoms with Crippen LogP contribution in [0.5, 0.6) is 11.5 Å². The first kappa shape index (κ1) is 20.7. The van der Waals surface area contributed by atoms with Crippen molar-refractivity contribution >= 4 is 27.5 Å². The molecule has 5 nitrogen and oxygen atoms in total. The van der Waals surface area contributed by atoms with Gasteiger partial charge < -0.3 is 14.0 Å². The number of rotatable bonds is 8. The van der Waals surface area contributed by atoms with Crippen LogP contribution in [-0.2, 0) is 6.54 Å². The lowest BCUT2D eigenvalue weighted by atomic mass is 10.2. The Kier molecular flexibility index (Phi) is 7.09. The van der Waals surface area contributed by atoms with Gasteiger partial charge in [0.15, 0.2) is 4.80 Å². The molecule has 0 aliphatic heterocycles. The first-order chi connectivity index (χ1) is 14.2. The summed E-state index contributed by atoms with van der Waals surface area (Å²) in [6, 6.07) is 12.8. The fourth-order valence-corrected chi connectivity index (χ4v) is 3.95. The van der Waals surface area contributed by atoms with Crippen LogP contribution >= 0.6 is 11.3 Å². The SMILES string of the molecule is C#CCn1c(=NC(=O)c2ccc(OCCCCC)cc2)sc2cc(OC)ccc21. The molecule has 3 rings (SSSR count). The maximum Gasteiger partial charge on any atom is 0.279 e. The third-order valence-corrected chi connectivity index (χ3v) is 5.50. The first-order valence-corrected chi connectivity index (χ1v) is 10.4. The van der Waals surface area contributed by atoms with E-state index in [1.807, 2.05) is 22.8 Å². The highest BCUT2D eigenvalue weighted by Gasteiger charge is 2.10. The van der Waals surface area contributed by atoms with Gasteiger partial charge >= 0.3 is 0 Å². The summed E-state index contributed by atoms with van der Waals surface area (Å²) in [5, 5.41) is 0. The van der Waals surface area contributed by atoms with Crippen LogP contribution in [0.15, 0.2) is 47.5 Å². The van der Waals surface area contributed by atoms with Crippen molar-refractivity contribution in [1.29, 1.82) is 0 Å². The molecule has 0 radical (unpaired) electrons. The van der Waals surface area contributed by atoms with Gasteiger partial charge in [-0.25, -0.2) is 0 Å². The van der Waals surface area contributed by atoms with E-state index in [0.29, 0.717) is 23.5 Å². The van der Waals surface area contributed by atoms with E-state index in [0.717, 1.165) is 41.0 Å².